The molecule has 0 aliphatic heterocycles. The molecule has 13 heavy (non-hydrogen) atoms. The minimum absolute atomic E-state index is 0.186. The van der Waals surface area contributed by atoms with Gasteiger partial charge >= 0.3 is 0 Å². The summed E-state index contributed by atoms with van der Waals surface area (Å²) in [5.41, 5.74) is 0.755. The van der Waals surface area contributed by atoms with Crippen LogP contribution in [-0.2, 0) is 4.79 Å². The average molecular weight is 183 g/mol. The second-order valence-electron chi connectivity index (χ2n) is 4.03. The Morgan fingerprint density at radius 2 is 1.92 bits per heavy atom. The Labute approximate surface area is 81.6 Å². The van der Waals surface area contributed by atoms with E-state index in [1.807, 2.05) is 47.7 Å². The van der Waals surface area contributed by atoms with Crippen LogP contribution in [0.2, 0.25) is 0 Å². The zero-order valence-corrected chi connectivity index (χ0v) is 9.64. The number of amides is 1. The Morgan fingerprint density at radius 1 is 1.46 bits per heavy atom. The fourth-order valence-electron chi connectivity index (χ4n) is 0.959. The van der Waals surface area contributed by atoms with Crippen LogP contribution < -0.4 is 0 Å². The van der Waals surface area contributed by atoms with Crippen LogP contribution in [0.25, 0.3) is 0 Å². The summed E-state index contributed by atoms with van der Waals surface area (Å²) < 4.78 is 0. The van der Waals surface area contributed by atoms with E-state index in [0.29, 0.717) is 0 Å². The molecule has 0 aliphatic carbocycles. The molecule has 0 aliphatic rings. The van der Waals surface area contributed by atoms with E-state index in [2.05, 4.69) is 0 Å². The van der Waals surface area contributed by atoms with Gasteiger partial charge < -0.3 is 4.90 Å². The van der Waals surface area contributed by atoms with Crippen molar-refractivity contribution in [3.8, 4) is 0 Å². The summed E-state index contributed by atoms with van der Waals surface area (Å²) in [6.45, 7) is 9.89. The SMILES string of the molecule is CC=C(C)N(C)C(=O)C(C)(C)CC. The van der Waals surface area contributed by atoms with Gasteiger partial charge in [-0.15, -0.1) is 0 Å². The van der Waals surface area contributed by atoms with Gasteiger partial charge in [-0.25, -0.2) is 0 Å². The van der Waals surface area contributed by atoms with Crippen LogP contribution in [0, 0.1) is 5.41 Å². The first-order chi connectivity index (χ1) is 5.86. The standard InChI is InChI=1S/C11H21NO/c1-7-9(3)12(6)10(13)11(4,5)8-2/h7H,8H2,1-6H3. The molecule has 0 saturated carbocycles. The second kappa shape index (κ2) is 4.45. The fraction of sp³-hybridized carbons (Fsp3) is 0.727. The molecular weight excluding hydrogens is 162 g/mol. The van der Waals surface area contributed by atoms with Gasteiger partial charge in [-0.2, -0.15) is 0 Å². The Morgan fingerprint density at radius 3 is 2.23 bits per heavy atom. The topological polar surface area (TPSA) is 20.3 Å². The van der Waals surface area contributed by atoms with Crippen molar-refractivity contribution in [3.05, 3.63) is 11.8 Å². The monoisotopic (exact) mass is 183 g/mol. The van der Waals surface area contributed by atoms with Crippen molar-refractivity contribution in [2.45, 2.75) is 41.0 Å². The third-order valence-corrected chi connectivity index (χ3v) is 2.71. The smallest absolute Gasteiger partial charge is 0.232 e. The first-order valence-corrected chi connectivity index (χ1v) is 4.78. The highest BCUT2D eigenvalue weighted by Gasteiger charge is 2.28. The van der Waals surface area contributed by atoms with Crippen LogP contribution >= 0.6 is 0 Å². The number of nitrogens with zero attached hydrogens (tertiary/aromatic N) is 1. The quantitative estimate of drug-likeness (QED) is 0.659. The summed E-state index contributed by atoms with van der Waals surface area (Å²) in [6.07, 6.45) is 2.82. The van der Waals surface area contributed by atoms with Crippen LogP contribution in [0.4, 0.5) is 0 Å². The van der Waals surface area contributed by atoms with E-state index in [1.165, 1.54) is 0 Å². The molecule has 0 N–H and O–H groups in total. The van der Waals surface area contributed by atoms with Crippen molar-refractivity contribution in [3.63, 3.8) is 0 Å². The molecule has 2 nitrogen and oxygen atoms in total. The highest BCUT2D eigenvalue weighted by atomic mass is 16.2. The van der Waals surface area contributed by atoms with E-state index >= 15 is 0 Å². The third kappa shape index (κ3) is 2.87. The highest BCUT2D eigenvalue weighted by Crippen LogP contribution is 2.23. The first kappa shape index (κ1) is 12.2. The summed E-state index contributed by atoms with van der Waals surface area (Å²) in [5.74, 6) is 0.186. The lowest BCUT2D eigenvalue weighted by Crippen LogP contribution is -2.36. The van der Waals surface area contributed by atoms with E-state index in [-0.39, 0.29) is 11.3 Å². The van der Waals surface area contributed by atoms with Gasteiger partial charge in [0.2, 0.25) is 5.91 Å². The zero-order valence-electron chi connectivity index (χ0n) is 9.64. The number of carbonyl (C=O) groups is 1. The fourth-order valence-corrected chi connectivity index (χ4v) is 0.959. The molecule has 0 fully saturated rings. The number of hydrogen-bond donors (Lipinski definition) is 0. The zero-order chi connectivity index (χ0) is 10.6. The van der Waals surface area contributed by atoms with Crippen molar-refractivity contribution < 1.29 is 4.79 Å². The summed E-state index contributed by atoms with van der Waals surface area (Å²) in [5, 5.41) is 0. The number of carbonyl (C=O) groups excluding carboxylic acids is 1. The van der Waals surface area contributed by atoms with Crippen LogP contribution in [-0.4, -0.2) is 17.9 Å². The molecule has 0 aromatic carbocycles. The van der Waals surface area contributed by atoms with Gasteiger partial charge in [0.1, 0.15) is 0 Å². The van der Waals surface area contributed by atoms with E-state index < -0.39 is 0 Å². The molecular formula is C11H21NO. The molecule has 1 amide bonds. The van der Waals surface area contributed by atoms with Gasteiger partial charge in [-0.3, -0.25) is 4.79 Å². The lowest BCUT2D eigenvalue weighted by molar-refractivity contribution is -0.137. The van der Waals surface area contributed by atoms with Gasteiger partial charge in [-0.05, 0) is 20.3 Å². The summed E-state index contributed by atoms with van der Waals surface area (Å²) in [6, 6.07) is 0. The van der Waals surface area contributed by atoms with E-state index in [4.69, 9.17) is 0 Å². The van der Waals surface area contributed by atoms with Gasteiger partial charge in [-0.1, -0.05) is 26.8 Å². The largest absolute Gasteiger partial charge is 0.319 e. The van der Waals surface area contributed by atoms with Gasteiger partial charge in [0, 0.05) is 18.2 Å². The van der Waals surface area contributed by atoms with Crippen LogP contribution in [0.3, 0.4) is 0 Å². The van der Waals surface area contributed by atoms with Crippen molar-refractivity contribution in [2.24, 2.45) is 5.41 Å². The number of hydrogen-bond acceptors (Lipinski definition) is 1. The number of rotatable bonds is 3. The number of allylic oxidation sites excluding steroid dienone is 2. The molecule has 0 bridgehead atoms. The van der Waals surface area contributed by atoms with E-state index in [0.717, 1.165) is 12.1 Å². The normalized spacial score (nSPS) is 12.9. The van der Waals surface area contributed by atoms with Crippen LogP contribution in [0.1, 0.15) is 41.0 Å². The summed E-state index contributed by atoms with van der Waals surface area (Å²) in [4.78, 5) is 13.6. The molecule has 0 radical (unpaired) electrons. The van der Waals surface area contributed by atoms with Gasteiger partial charge in [0.15, 0.2) is 0 Å². The molecule has 0 heterocycles. The molecule has 0 aromatic rings. The Kier molecular flexibility index (Phi) is 4.18. The van der Waals surface area contributed by atoms with Gasteiger partial charge in [0.05, 0.1) is 0 Å². The van der Waals surface area contributed by atoms with Crippen molar-refractivity contribution in [1.29, 1.82) is 0 Å². The van der Waals surface area contributed by atoms with E-state index in [9.17, 15) is 4.79 Å². The Hall–Kier alpha value is -0.790. The van der Waals surface area contributed by atoms with Crippen LogP contribution in [0.15, 0.2) is 11.8 Å². The van der Waals surface area contributed by atoms with Gasteiger partial charge in [0.25, 0.3) is 0 Å². The average Bonchev–Trinajstić information content (AvgIpc) is 2.14. The maximum absolute atomic E-state index is 11.9. The molecule has 0 unspecified atom stereocenters. The molecule has 0 spiro atoms. The first-order valence-electron chi connectivity index (χ1n) is 4.78. The summed E-state index contributed by atoms with van der Waals surface area (Å²) in [7, 11) is 1.83. The lowest BCUT2D eigenvalue weighted by atomic mass is 9.88. The third-order valence-electron chi connectivity index (χ3n) is 2.71. The second-order valence-corrected chi connectivity index (χ2v) is 4.03. The predicted octanol–water partition coefficient (Wildman–Crippen LogP) is 2.80. The molecule has 0 rings (SSSR count). The van der Waals surface area contributed by atoms with Crippen molar-refractivity contribution in [2.75, 3.05) is 7.05 Å². The summed E-state index contributed by atoms with van der Waals surface area (Å²) >= 11 is 0. The Balaban J connectivity index is 4.62. The van der Waals surface area contributed by atoms with E-state index in [1.54, 1.807) is 4.90 Å². The Bertz CT molecular complexity index is 216. The molecule has 0 saturated heterocycles. The predicted molar refractivity (Wildman–Crippen MR) is 56.3 cm³/mol. The maximum Gasteiger partial charge on any atom is 0.232 e. The molecule has 76 valence electrons. The highest BCUT2D eigenvalue weighted by molar-refractivity contribution is 5.83. The lowest BCUT2D eigenvalue weighted by Gasteiger charge is -2.28. The molecule has 0 atom stereocenters. The van der Waals surface area contributed by atoms with Crippen molar-refractivity contribution in [1.82, 2.24) is 4.90 Å². The minimum Gasteiger partial charge on any atom is -0.319 e. The maximum atomic E-state index is 11.9. The molecule has 0 aromatic heterocycles. The van der Waals surface area contributed by atoms with Crippen LogP contribution in [0.5, 0.6) is 0 Å². The minimum atomic E-state index is -0.251. The van der Waals surface area contributed by atoms with Crippen molar-refractivity contribution >= 4 is 5.91 Å². The molecule has 2 heteroatoms.